The Hall–Kier alpha value is -0.640. The predicted molar refractivity (Wildman–Crippen MR) is 78.6 cm³/mol. The Kier molecular flexibility index (Phi) is 4.77. The SMILES string of the molecule is CCCNC(c1ccccc1)c1csc(Br)c1. The van der Waals surface area contributed by atoms with Crippen molar-refractivity contribution in [1.29, 1.82) is 0 Å². The van der Waals surface area contributed by atoms with Gasteiger partial charge in [-0.3, -0.25) is 0 Å². The van der Waals surface area contributed by atoms with Gasteiger partial charge in [0.15, 0.2) is 0 Å². The van der Waals surface area contributed by atoms with E-state index >= 15 is 0 Å². The fraction of sp³-hybridized carbons (Fsp3) is 0.286. The summed E-state index contributed by atoms with van der Waals surface area (Å²) < 4.78 is 1.19. The molecule has 0 radical (unpaired) electrons. The fourth-order valence-corrected chi connectivity index (χ4v) is 3.04. The van der Waals surface area contributed by atoms with Gasteiger partial charge in [-0.25, -0.2) is 0 Å². The van der Waals surface area contributed by atoms with Crippen LogP contribution in [0.25, 0.3) is 0 Å². The van der Waals surface area contributed by atoms with Crippen molar-refractivity contribution in [2.75, 3.05) is 6.54 Å². The van der Waals surface area contributed by atoms with Crippen LogP contribution in [0, 0.1) is 0 Å². The Morgan fingerprint density at radius 2 is 2.00 bits per heavy atom. The minimum absolute atomic E-state index is 0.304. The lowest BCUT2D eigenvalue weighted by Gasteiger charge is -2.17. The molecule has 1 unspecified atom stereocenters. The molecule has 1 N–H and O–H groups in total. The van der Waals surface area contributed by atoms with E-state index in [1.165, 1.54) is 14.9 Å². The number of halogens is 1. The topological polar surface area (TPSA) is 12.0 Å². The first kappa shape index (κ1) is 12.8. The smallest absolute Gasteiger partial charge is 0.0701 e. The largest absolute Gasteiger partial charge is 0.306 e. The lowest BCUT2D eigenvalue weighted by Crippen LogP contribution is -2.22. The molecule has 0 fully saturated rings. The Bertz CT molecular complexity index is 452. The molecule has 1 aromatic heterocycles. The predicted octanol–water partition coefficient (Wildman–Crippen LogP) is 4.60. The Balaban J connectivity index is 2.25. The van der Waals surface area contributed by atoms with E-state index in [0.717, 1.165) is 13.0 Å². The molecule has 1 aromatic carbocycles. The molecule has 0 amide bonds. The van der Waals surface area contributed by atoms with Crippen LogP contribution in [0.15, 0.2) is 45.6 Å². The maximum Gasteiger partial charge on any atom is 0.0701 e. The van der Waals surface area contributed by atoms with Gasteiger partial charge < -0.3 is 5.32 Å². The lowest BCUT2D eigenvalue weighted by atomic mass is 10.0. The lowest BCUT2D eigenvalue weighted by molar-refractivity contribution is 0.600. The van der Waals surface area contributed by atoms with Gasteiger partial charge in [-0.15, -0.1) is 11.3 Å². The van der Waals surface area contributed by atoms with E-state index in [-0.39, 0.29) is 0 Å². The van der Waals surface area contributed by atoms with Crippen LogP contribution in [-0.4, -0.2) is 6.54 Å². The normalized spacial score (nSPS) is 12.6. The number of thiophene rings is 1. The third-order valence-electron chi connectivity index (χ3n) is 2.65. The van der Waals surface area contributed by atoms with Crippen LogP contribution < -0.4 is 5.32 Å². The molecule has 2 aromatic rings. The Morgan fingerprint density at radius 1 is 1.24 bits per heavy atom. The molecule has 17 heavy (non-hydrogen) atoms. The van der Waals surface area contributed by atoms with E-state index in [4.69, 9.17) is 0 Å². The third kappa shape index (κ3) is 3.41. The molecule has 0 aliphatic rings. The van der Waals surface area contributed by atoms with E-state index in [1.54, 1.807) is 11.3 Å². The number of benzene rings is 1. The van der Waals surface area contributed by atoms with E-state index in [0.29, 0.717) is 6.04 Å². The highest BCUT2D eigenvalue weighted by Gasteiger charge is 2.14. The summed E-state index contributed by atoms with van der Waals surface area (Å²) >= 11 is 5.27. The van der Waals surface area contributed by atoms with E-state index in [2.05, 4.69) is 69.9 Å². The summed E-state index contributed by atoms with van der Waals surface area (Å²) in [7, 11) is 0. The number of rotatable bonds is 5. The molecule has 0 aliphatic heterocycles. The zero-order valence-electron chi connectivity index (χ0n) is 9.82. The molecule has 0 saturated heterocycles. The summed E-state index contributed by atoms with van der Waals surface area (Å²) in [5, 5.41) is 5.81. The average Bonchev–Trinajstić information content (AvgIpc) is 2.78. The van der Waals surface area contributed by atoms with Crippen LogP contribution in [0.5, 0.6) is 0 Å². The van der Waals surface area contributed by atoms with Gasteiger partial charge in [-0.2, -0.15) is 0 Å². The van der Waals surface area contributed by atoms with Gasteiger partial charge in [0.2, 0.25) is 0 Å². The molecular formula is C14H16BrNS. The van der Waals surface area contributed by atoms with Gasteiger partial charge >= 0.3 is 0 Å². The zero-order chi connectivity index (χ0) is 12.1. The summed E-state index contributed by atoms with van der Waals surface area (Å²) in [6.07, 6.45) is 1.15. The highest BCUT2D eigenvalue weighted by Crippen LogP contribution is 2.29. The average molecular weight is 310 g/mol. The quantitative estimate of drug-likeness (QED) is 0.851. The monoisotopic (exact) mass is 309 g/mol. The van der Waals surface area contributed by atoms with Crippen LogP contribution in [0.3, 0.4) is 0 Å². The standard InChI is InChI=1S/C14H16BrNS/c1-2-8-16-14(11-6-4-3-5-7-11)12-9-13(15)17-10-12/h3-7,9-10,14,16H,2,8H2,1H3. The van der Waals surface area contributed by atoms with E-state index in [1.807, 2.05) is 0 Å². The second kappa shape index (κ2) is 6.34. The summed E-state index contributed by atoms with van der Waals surface area (Å²) in [6.45, 7) is 3.23. The summed E-state index contributed by atoms with van der Waals surface area (Å²) in [5.41, 5.74) is 2.66. The van der Waals surface area contributed by atoms with Crippen molar-refractivity contribution < 1.29 is 0 Å². The van der Waals surface area contributed by atoms with Crippen molar-refractivity contribution in [3.63, 3.8) is 0 Å². The highest BCUT2D eigenvalue weighted by molar-refractivity contribution is 9.11. The molecule has 0 aliphatic carbocycles. The minimum atomic E-state index is 0.304. The third-order valence-corrected chi connectivity index (χ3v) is 4.18. The first-order valence-electron chi connectivity index (χ1n) is 5.83. The fourth-order valence-electron chi connectivity index (χ4n) is 1.84. The molecule has 2 rings (SSSR count). The molecule has 1 atom stereocenters. The number of nitrogens with one attached hydrogen (secondary N) is 1. The molecule has 0 spiro atoms. The molecule has 1 heterocycles. The van der Waals surface area contributed by atoms with Crippen LogP contribution in [-0.2, 0) is 0 Å². The zero-order valence-corrected chi connectivity index (χ0v) is 12.2. The van der Waals surface area contributed by atoms with Gasteiger partial charge in [0.05, 0.1) is 9.83 Å². The highest BCUT2D eigenvalue weighted by atomic mass is 79.9. The summed E-state index contributed by atoms with van der Waals surface area (Å²) in [6, 6.07) is 13.1. The molecular weight excluding hydrogens is 294 g/mol. The van der Waals surface area contributed by atoms with Crippen molar-refractivity contribution in [2.45, 2.75) is 19.4 Å². The molecule has 3 heteroatoms. The second-order valence-electron chi connectivity index (χ2n) is 3.98. The second-order valence-corrected chi connectivity index (χ2v) is 6.27. The summed E-state index contributed by atoms with van der Waals surface area (Å²) in [4.78, 5) is 0. The Labute approximate surface area is 115 Å². The molecule has 90 valence electrons. The van der Waals surface area contributed by atoms with Crippen molar-refractivity contribution in [3.8, 4) is 0 Å². The summed E-state index contributed by atoms with van der Waals surface area (Å²) in [5.74, 6) is 0. The van der Waals surface area contributed by atoms with Crippen LogP contribution in [0.1, 0.15) is 30.5 Å². The molecule has 0 saturated carbocycles. The maximum atomic E-state index is 3.60. The molecule has 0 bridgehead atoms. The van der Waals surface area contributed by atoms with Crippen molar-refractivity contribution in [1.82, 2.24) is 5.32 Å². The van der Waals surface area contributed by atoms with Gasteiger partial charge in [-0.1, -0.05) is 37.3 Å². The van der Waals surface area contributed by atoms with Crippen LogP contribution in [0.4, 0.5) is 0 Å². The van der Waals surface area contributed by atoms with Gasteiger partial charge in [-0.05, 0) is 51.5 Å². The molecule has 1 nitrogen and oxygen atoms in total. The minimum Gasteiger partial charge on any atom is -0.306 e. The van der Waals surface area contributed by atoms with Gasteiger partial charge in [0.25, 0.3) is 0 Å². The van der Waals surface area contributed by atoms with Gasteiger partial charge in [0.1, 0.15) is 0 Å². The van der Waals surface area contributed by atoms with Crippen LogP contribution >= 0.6 is 27.3 Å². The van der Waals surface area contributed by atoms with Crippen molar-refractivity contribution in [3.05, 3.63) is 56.7 Å². The van der Waals surface area contributed by atoms with Gasteiger partial charge in [0, 0.05) is 0 Å². The van der Waals surface area contributed by atoms with Crippen LogP contribution in [0.2, 0.25) is 0 Å². The van der Waals surface area contributed by atoms with Crippen molar-refractivity contribution in [2.24, 2.45) is 0 Å². The first-order chi connectivity index (χ1) is 8.31. The Morgan fingerprint density at radius 3 is 2.59 bits per heavy atom. The van der Waals surface area contributed by atoms with Crippen molar-refractivity contribution >= 4 is 27.3 Å². The number of hydrogen-bond acceptors (Lipinski definition) is 2. The number of hydrogen-bond donors (Lipinski definition) is 1. The maximum absolute atomic E-state index is 3.60. The first-order valence-corrected chi connectivity index (χ1v) is 7.50. The van der Waals surface area contributed by atoms with E-state index in [9.17, 15) is 0 Å². The van der Waals surface area contributed by atoms with E-state index < -0.39 is 0 Å².